The van der Waals surface area contributed by atoms with Gasteiger partial charge in [-0.05, 0) is 39.0 Å². The SMILES string of the molecule is CCCC1CC1NC(=NCC)NC(C)CC.I. The molecule has 0 aromatic rings. The normalized spacial score (nSPS) is 24.8. The van der Waals surface area contributed by atoms with Crippen LogP contribution < -0.4 is 10.6 Å². The van der Waals surface area contributed by atoms with E-state index in [1.54, 1.807) is 0 Å². The molecule has 2 N–H and O–H groups in total. The lowest BCUT2D eigenvalue weighted by molar-refractivity contribution is 0.608. The Morgan fingerprint density at radius 1 is 1.35 bits per heavy atom. The van der Waals surface area contributed by atoms with Crippen LogP contribution in [0.2, 0.25) is 0 Å². The van der Waals surface area contributed by atoms with Crippen molar-refractivity contribution in [3.8, 4) is 0 Å². The number of guanidine groups is 1. The van der Waals surface area contributed by atoms with Crippen LogP contribution in [0.1, 0.15) is 53.4 Å². The van der Waals surface area contributed by atoms with E-state index in [0.717, 1.165) is 24.8 Å². The molecule has 1 saturated carbocycles. The second-order valence-electron chi connectivity index (χ2n) is 4.81. The number of hydrogen-bond donors (Lipinski definition) is 2. The number of halogens is 1. The molecule has 0 aromatic heterocycles. The minimum Gasteiger partial charge on any atom is -0.354 e. The molecular weight excluding hydrogens is 325 g/mol. The van der Waals surface area contributed by atoms with Crippen LogP contribution in [0.3, 0.4) is 0 Å². The predicted octanol–water partition coefficient (Wildman–Crippen LogP) is 3.15. The van der Waals surface area contributed by atoms with Gasteiger partial charge in [-0.1, -0.05) is 20.3 Å². The van der Waals surface area contributed by atoms with Gasteiger partial charge in [-0.15, -0.1) is 24.0 Å². The van der Waals surface area contributed by atoms with Gasteiger partial charge in [0.15, 0.2) is 5.96 Å². The maximum absolute atomic E-state index is 4.48. The van der Waals surface area contributed by atoms with E-state index in [9.17, 15) is 0 Å². The van der Waals surface area contributed by atoms with Crippen LogP contribution in [-0.2, 0) is 0 Å². The summed E-state index contributed by atoms with van der Waals surface area (Å²) in [5.74, 6) is 1.88. The molecule has 1 rings (SSSR count). The first kappa shape index (κ1) is 17.0. The Bertz CT molecular complexity index is 231. The molecule has 0 aliphatic heterocycles. The number of rotatable bonds is 6. The zero-order valence-corrected chi connectivity index (χ0v) is 14.0. The van der Waals surface area contributed by atoms with E-state index in [-0.39, 0.29) is 24.0 Å². The van der Waals surface area contributed by atoms with Gasteiger partial charge in [0.25, 0.3) is 0 Å². The van der Waals surface area contributed by atoms with Crippen molar-refractivity contribution in [2.45, 2.75) is 65.5 Å². The molecule has 0 spiro atoms. The fourth-order valence-electron chi connectivity index (χ4n) is 1.92. The lowest BCUT2D eigenvalue weighted by atomic mass is 10.2. The molecule has 0 aromatic carbocycles. The Morgan fingerprint density at radius 2 is 2.06 bits per heavy atom. The maximum Gasteiger partial charge on any atom is 0.191 e. The summed E-state index contributed by atoms with van der Waals surface area (Å²) in [5.41, 5.74) is 0. The molecule has 1 fully saturated rings. The summed E-state index contributed by atoms with van der Waals surface area (Å²) in [6, 6.07) is 1.17. The van der Waals surface area contributed by atoms with Gasteiger partial charge in [0.1, 0.15) is 0 Å². The van der Waals surface area contributed by atoms with Gasteiger partial charge in [-0.3, -0.25) is 4.99 Å². The van der Waals surface area contributed by atoms with Crippen molar-refractivity contribution in [1.29, 1.82) is 0 Å². The van der Waals surface area contributed by atoms with Gasteiger partial charge in [-0.25, -0.2) is 0 Å². The van der Waals surface area contributed by atoms with E-state index in [4.69, 9.17) is 0 Å². The number of nitrogens with one attached hydrogen (secondary N) is 2. The standard InChI is InChI=1S/C13H27N3.HI/c1-5-8-11-9-12(11)16-13(14-7-3)15-10(4)6-2;/h10-12H,5-9H2,1-4H3,(H2,14,15,16);1H. The van der Waals surface area contributed by atoms with Gasteiger partial charge >= 0.3 is 0 Å². The molecule has 0 saturated heterocycles. The highest BCUT2D eigenvalue weighted by Crippen LogP contribution is 2.34. The average Bonchev–Trinajstić information content (AvgIpc) is 2.97. The van der Waals surface area contributed by atoms with Crippen molar-refractivity contribution >= 4 is 29.9 Å². The smallest absolute Gasteiger partial charge is 0.191 e. The highest BCUT2D eigenvalue weighted by molar-refractivity contribution is 14.0. The van der Waals surface area contributed by atoms with Crippen LogP contribution in [0.4, 0.5) is 0 Å². The molecule has 17 heavy (non-hydrogen) atoms. The predicted molar refractivity (Wildman–Crippen MR) is 86.2 cm³/mol. The molecule has 4 heteroatoms. The molecular formula is C13H28IN3. The summed E-state index contributed by atoms with van der Waals surface area (Å²) < 4.78 is 0. The van der Waals surface area contributed by atoms with Crippen molar-refractivity contribution in [2.75, 3.05) is 6.54 Å². The van der Waals surface area contributed by atoms with Crippen LogP contribution in [-0.4, -0.2) is 24.6 Å². The maximum atomic E-state index is 4.48. The average molecular weight is 353 g/mol. The Kier molecular flexibility index (Phi) is 9.00. The minimum absolute atomic E-state index is 0. The highest BCUT2D eigenvalue weighted by Gasteiger charge is 2.36. The molecule has 3 nitrogen and oxygen atoms in total. The number of nitrogens with zero attached hydrogens (tertiary/aromatic N) is 1. The summed E-state index contributed by atoms with van der Waals surface area (Å²) >= 11 is 0. The third-order valence-electron chi connectivity index (χ3n) is 3.22. The molecule has 1 aliphatic carbocycles. The number of aliphatic imine (C=N–C) groups is 1. The second-order valence-corrected chi connectivity index (χ2v) is 4.81. The lowest BCUT2D eigenvalue weighted by Gasteiger charge is -2.16. The quantitative estimate of drug-likeness (QED) is 0.437. The molecule has 0 radical (unpaired) electrons. The van der Waals surface area contributed by atoms with Crippen molar-refractivity contribution in [2.24, 2.45) is 10.9 Å². The first-order valence-electron chi connectivity index (χ1n) is 6.78. The fourth-order valence-corrected chi connectivity index (χ4v) is 1.92. The summed E-state index contributed by atoms with van der Waals surface area (Å²) in [6.45, 7) is 9.57. The molecule has 0 heterocycles. The van der Waals surface area contributed by atoms with E-state index >= 15 is 0 Å². The Hall–Kier alpha value is 0. The molecule has 102 valence electrons. The van der Waals surface area contributed by atoms with Crippen molar-refractivity contribution in [3.05, 3.63) is 0 Å². The number of hydrogen-bond acceptors (Lipinski definition) is 1. The van der Waals surface area contributed by atoms with E-state index in [1.807, 2.05) is 0 Å². The summed E-state index contributed by atoms with van der Waals surface area (Å²) in [5, 5.41) is 6.97. The van der Waals surface area contributed by atoms with Crippen LogP contribution in [0, 0.1) is 5.92 Å². The van der Waals surface area contributed by atoms with Crippen molar-refractivity contribution < 1.29 is 0 Å². The van der Waals surface area contributed by atoms with Gasteiger partial charge < -0.3 is 10.6 Å². The molecule has 3 unspecified atom stereocenters. The largest absolute Gasteiger partial charge is 0.354 e. The van der Waals surface area contributed by atoms with E-state index < -0.39 is 0 Å². The third kappa shape index (κ3) is 6.48. The summed E-state index contributed by atoms with van der Waals surface area (Å²) in [6.07, 6.45) is 5.09. The van der Waals surface area contributed by atoms with Crippen LogP contribution >= 0.6 is 24.0 Å². The van der Waals surface area contributed by atoms with Gasteiger partial charge in [0.05, 0.1) is 0 Å². The second kappa shape index (κ2) is 9.00. The highest BCUT2D eigenvalue weighted by atomic mass is 127. The monoisotopic (exact) mass is 353 g/mol. The van der Waals surface area contributed by atoms with Crippen LogP contribution in [0.5, 0.6) is 0 Å². The van der Waals surface area contributed by atoms with Gasteiger partial charge in [0.2, 0.25) is 0 Å². The molecule has 0 amide bonds. The fraction of sp³-hybridized carbons (Fsp3) is 0.923. The van der Waals surface area contributed by atoms with Gasteiger partial charge in [0, 0.05) is 18.6 Å². The zero-order valence-electron chi connectivity index (χ0n) is 11.6. The molecule has 1 aliphatic rings. The van der Waals surface area contributed by atoms with E-state index in [1.165, 1.54) is 19.3 Å². The van der Waals surface area contributed by atoms with Gasteiger partial charge in [-0.2, -0.15) is 0 Å². The lowest BCUT2D eigenvalue weighted by Crippen LogP contribution is -2.43. The first-order valence-corrected chi connectivity index (χ1v) is 6.78. The van der Waals surface area contributed by atoms with Crippen molar-refractivity contribution in [1.82, 2.24) is 10.6 Å². The van der Waals surface area contributed by atoms with Crippen LogP contribution in [0.15, 0.2) is 4.99 Å². The summed E-state index contributed by atoms with van der Waals surface area (Å²) in [7, 11) is 0. The Labute approximate surface area is 123 Å². The van der Waals surface area contributed by atoms with Crippen LogP contribution in [0.25, 0.3) is 0 Å². The molecule has 0 bridgehead atoms. The first-order chi connectivity index (χ1) is 7.71. The van der Waals surface area contributed by atoms with Crippen molar-refractivity contribution in [3.63, 3.8) is 0 Å². The minimum atomic E-state index is 0. The van der Waals surface area contributed by atoms with E-state index in [0.29, 0.717) is 12.1 Å². The third-order valence-corrected chi connectivity index (χ3v) is 3.22. The topological polar surface area (TPSA) is 36.4 Å². The summed E-state index contributed by atoms with van der Waals surface area (Å²) in [4.78, 5) is 4.48. The zero-order chi connectivity index (χ0) is 12.0. The molecule has 3 atom stereocenters. The van der Waals surface area contributed by atoms with E-state index in [2.05, 4.69) is 43.3 Å². The Morgan fingerprint density at radius 3 is 2.59 bits per heavy atom. The Balaban J connectivity index is 0.00000256.